The lowest BCUT2D eigenvalue weighted by atomic mass is 10.3. The number of rotatable bonds is 6. The third kappa shape index (κ3) is 3.84. The molecular formula is C11H16ClNO4S. The Labute approximate surface area is 112 Å². The van der Waals surface area contributed by atoms with Crippen molar-refractivity contribution in [2.24, 2.45) is 0 Å². The molecule has 7 heteroatoms. The largest absolute Gasteiger partial charge is 0.495 e. The number of hydrogen-bond donors (Lipinski definition) is 1. The minimum atomic E-state index is -3.69. The van der Waals surface area contributed by atoms with Gasteiger partial charge in [-0.3, -0.25) is 0 Å². The number of halogens is 1. The van der Waals surface area contributed by atoms with Gasteiger partial charge in [-0.15, -0.1) is 0 Å². The van der Waals surface area contributed by atoms with E-state index in [1.54, 1.807) is 13.0 Å². The monoisotopic (exact) mass is 293 g/mol. The van der Waals surface area contributed by atoms with E-state index in [1.165, 1.54) is 26.4 Å². The number of methoxy groups -OCH3 is 2. The van der Waals surface area contributed by atoms with E-state index in [1.807, 2.05) is 0 Å². The summed E-state index contributed by atoms with van der Waals surface area (Å²) >= 11 is 5.81. The summed E-state index contributed by atoms with van der Waals surface area (Å²) in [6.45, 7) is 1.99. The maximum absolute atomic E-state index is 12.1. The van der Waals surface area contributed by atoms with Crippen LogP contribution in [-0.2, 0) is 14.8 Å². The average Bonchev–Trinajstić information content (AvgIpc) is 2.28. The molecule has 1 unspecified atom stereocenters. The lowest BCUT2D eigenvalue weighted by Crippen LogP contribution is -2.35. The lowest BCUT2D eigenvalue weighted by Gasteiger charge is -2.15. The van der Waals surface area contributed by atoms with Crippen LogP contribution in [-0.4, -0.2) is 35.3 Å². The highest BCUT2D eigenvalue weighted by Gasteiger charge is 2.22. The van der Waals surface area contributed by atoms with Gasteiger partial charge in [0.05, 0.1) is 13.7 Å². The second-order valence-corrected chi connectivity index (χ2v) is 5.89. The molecule has 0 aliphatic heterocycles. The summed E-state index contributed by atoms with van der Waals surface area (Å²) in [5, 5.41) is 0.329. The number of nitrogens with one attached hydrogen (secondary N) is 1. The zero-order valence-corrected chi connectivity index (χ0v) is 12.0. The Kier molecular flexibility index (Phi) is 5.40. The van der Waals surface area contributed by atoms with E-state index >= 15 is 0 Å². The molecule has 0 spiro atoms. The lowest BCUT2D eigenvalue weighted by molar-refractivity contribution is 0.180. The van der Waals surface area contributed by atoms with Crippen LogP contribution in [0.2, 0.25) is 5.02 Å². The van der Waals surface area contributed by atoms with Crippen LogP contribution < -0.4 is 9.46 Å². The Hall–Kier alpha value is -0.820. The highest BCUT2D eigenvalue weighted by Crippen LogP contribution is 2.26. The Morgan fingerprint density at radius 3 is 2.61 bits per heavy atom. The molecule has 0 heterocycles. The summed E-state index contributed by atoms with van der Waals surface area (Å²) in [6, 6.07) is 4.08. The first-order valence-corrected chi connectivity index (χ1v) is 7.11. The maximum atomic E-state index is 12.1. The van der Waals surface area contributed by atoms with E-state index in [4.69, 9.17) is 21.1 Å². The SMILES string of the molecule is COCC(C)NS(=O)(=O)c1cc(Cl)ccc1OC. The summed E-state index contributed by atoms with van der Waals surface area (Å²) in [7, 11) is -0.778. The summed E-state index contributed by atoms with van der Waals surface area (Å²) in [5.74, 6) is 0.247. The molecule has 1 rings (SSSR count). The third-order valence-electron chi connectivity index (χ3n) is 2.19. The second-order valence-electron chi connectivity index (χ2n) is 3.77. The van der Waals surface area contributed by atoms with E-state index < -0.39 is 10.0 Å². The Morgan fingerprint density at radius 2 is 2.06 bits per heavy atom. The van der Waals surface area contributed by atoms with Crippen molar-refractivity contribution in [1.29, 1.82) is 0 Å². The molecule has 18 heavy (non-hydrogen) atoms. The highest BCUT2D eigenvalue weighted by atomic mass is 35.5. The van der Waals surface area contributed by atoms with E-state index in [0.29, 0.717) is 5.02 Å². The number of sulfonamides is 1. The van der Waals surface area contributed by atoms with E-state index in [9.17, 15) is 8.42 Å². The van der Waals surface area contributed by atoms with Crippen LogP contribution in [0.15, 0.2) is 23.1 Å². The van der Waals surface area contributed by atoms with E-state index in [0.717, 1.165) is 0 Å². The predicted octanol–water partition coefficient (Wildman–Crippen LogP) is 1.66. The summed E-state index contributed by atoms with van der Waals surface area (Å²) < 4.78 is 36.7. The van der Waals surface area contributed by atoms with E-state index in [2.05, 4.69) is 4.72 Å². The normalized spacial score (nSPS) is 13.3. The van der Waals surface area contributed by atoms with Crippen molar-refractivity contribution in [3.8, 4) is 5.75 Å². The predicted molar refractivity (Wildman–Crippen MR) is 69.7 cm³/mol. The Morgan fingerprint density at radius 1 is 1.39 bits per heavy atom. The van der Waals surface area contributed by atoms with Gasteiger partial charge in [0.25, 0.3) is 0 Å². The molecule has 1 aromatic rings. The summed E-state index contributed by atoms with van der Waals surface area (Å²) in [5.41, 5.74) is 0. The minimum Gasteiger partial charge on any atom is -0.495 e. The van der Waals surface area contributed by atoms with Crippen LogP contribution in [0.4, 0.5) is 0 Å². The molecule has 5 nitrogen and oxygen atoms in total. The van der Waals surface area contributed by atoms with Gasteiger partial charge >= 0.3 is 0 Å². The quantitative estimate of drug-likeness (QED) is 0.866. The molecule has 1 aromatic carbocycles. The fraction of sp³-hybridized carbons (Fsp3) is 0.455. The number of hydrogen-bond acceptors (Lipinski definition) is 4. The second kappa shape index (κ2) is 6.38. The zero-order chi connectivity index (χ0) is 13.8. The van der Waals surface area contributed by atoms with Gasteiger partial charge in [-0.1, -0.05) is 11.6 Å². The first kappa shape index (κ1) is 15.2. The average molecular weight is 294 g/mol. The van der Waals surface area contributed by atoms with Crippen LogP contribution in [0.1, 0.15) is 6.92 Å². The van der Waals surface area contributed by atoms with Crippen LogP contribution >= 0.6 is 11.6 Å². The van der Waals surface area contributed by atoms with Crippen LogP contribution in [0, 0.1) is 0 Å². The van der Waals surface area contributed by atoms with Crippen molar-refractivity contribution >= 4 is 21.6 Å². The minimum absolute atomic E-state index is 0.0143. The van der Waals surface area contributed by atoms with Crippen LogP contribution in [0.3, 0.4) is 0 Å². The van der Waals surface area contributed by atoms with Crippen molar-refractivity contribution < 1.29 is 17.9 Å². The van der Waals surface area contributed by atoms with Gasteiger partial charge in [0.15, 0.2) is 0 Å². The van der Waals surface area contributed by atoms with Crippen LogP contribution in [0.25, 0.3) is 0 Å². The van der Waals surface area contributed by atoms with Gasteiger partial charge < -0.3 is 9.47 Å². The molecule has 1 N–H and O–H groups in total. The van der Waals surface area contributed by atoms with Gasteiger partial charge in [0.2, 0.25) is 10.0 Å². The van der Waals surface area contributed by atoms with E-state index in [-0.39, 0.29) is 23.3 Å². The smallest absolute Gasteiger partial charge is 0.244 e. The van der Waals surface area contributed by atoms with Gasteiger partial charge in [-0.25, -0.2) is 13.1 Å². The van der Waals surface area contributed by atoms with Crippen molar-refractivity contribution in [2.45, 2.75) is 17.9 Å². The topological polar surface area (TPSA) is 64.6 Å². The molecule has 102 valence electrons. The molecule has 0 aliphatic rings. The fourth-order valence-corrected chi connectivity index (χ4v) is 3.13. The van der Waals surface area contributed by atoms with Crippen molar-refractivity contribution in [3.63, 3.8) is 0 Å². The van der Waals surface area contributed by atoms with Crippen molar-refractivity contribution in [3.05, 3.63) is 23.2 Å². The third-order valence-corrected chi connectivity index (χ3v) is 4.03. The molecule has 0 aliphatic carbocycles. The van der Waals surface area contributed by atoms with Crippen molar-refractivity contribution in [2.75, 3.05) is 20.8 Å². The molecule has 0 aromatic heterocycles. The number of ether oxygens (including phenoxy) is 2. The van der Waals surface area contributed by atoms with Gasteiger partial charge in [0.1, 0.15) is 10.6 Å². The van der Waals surface area contributed by atoms with Crippen molar-refractivity contribution in [1.82, 2.24) is 4.72 Å². The van der Waals surface area contributed by atoms with Crippen LogP contribution in [0.5, 0.6) is 5.75 Å². The molecule has 1 atom stereocenters. The molecule has 0 fully saturated rings. The molecule has 0 amide bonds. The maximum Gasteiger partial charge on any atom is 0.244 e. The molecule has 0 radical (unpaired) electrons. The fourth-order valence-electron chi connectivity index (χ4n) is 1.47. The Balaban J connectivity index is 3.07. The summed E-state index contributed by atoms with van der Waals surface area (Å²) in [4.78, 5) is 0.0143. The number of benzene rings is 1. The first-order chi connectivity index (χ1) is 8.40. The molecular weight excluding hydrogens is 278 g/mol. The molecule has 0 saturated heterocycles. The Bertz CT molecular complexity index is 504. The summed E-state index contributed by atoms with van der Waals surface area (Å²) in [6.07, 6.45) is 0. The first-order valence-electron chi connectivity index (χ1n) is 5.25. The highest BCUT2D eigenvalue weighted by molar-refractivity contribution is 7.89. The standard InChI is InChI=1S/C11H16ClNO4S/c1-8(7-16-2)13-18(14,15)11-6-9(12)4-5-10(11)17-3/h4-6,8,13H,7H2,1-3H3. The zero-order valence-electron chi connectivity index (χ0n) is 10.4. The van der Waals surface area contributed by atoms with Gasteiger partial charge in [-0.05, 0) is 25.1 Å². The molecule has 0 bridgehead atoms. The molecule has 0 saturated carbocycles. The van der Waals surface area contributed by atoms with Gasteiger partial charge in [0, 0.05) is 18.2 Å². The van der Waals surface area contributed by atoms with Gasteiger partial charge in [-0.2, -0.15) is 0 Å².